The minimum Gasteiger partial charge on any atom is -0.345 e. The van der Waals surface area contributed by atoms with Gasteiger partial charge in [-0.25, -0.2) is 4.39 Å². The molecule has 25 heavy (non-hydrogen) atoms. The second-order valence-corrected chi connectivity index (χ2v) is 7.21. The second kappa shape index (κ2) is 7.86. The summed E-state index contributed by atoms with van der Waals surface area (Å²) in [5.41, 5.74) is 0. The third-order valence-electron chi connectivity index (χ3n) is 4.20. The van der Waals surface area contributed by atoms with Crippen LogP contribution in [0, 0.1) is 5.82 Å². The summed E-state index contributed by atoms with van der Waals surface area (Å²) in [5, 5.41) is 2.69. The molecule has 1 aliphatic heterocycles. The number of halogens is 1. The summed E-state index contributed by atoms with van der Waals surface area (Å²) in [7, 11) is 0. The lowest BCUT2D eigenvalue weighted by Gasteiger charge is -2.34. The van der Waals surface area contributed by atoms with Gasteiger partial charge in [-0.05, 0) is 37.1 Å². The van der Waals surface area contributed by atoms with Crippen molar-refractivity contribution in [3.05, 3.63) is 30.1 Å². The number of hydrogen-bond donors (Lipinski definition) is 1. The summed E-state index contributed by atoms with van der Waals surface area (Å²) < 4.78 is 12.9. The van der Waals surface area contributed by atoms with Gasteiger partial charge in [0.2, 0.25) is 5.91 Å². The molecule has 3 amide bonds. The van der Waals surface area contributed by atoms with Gasteiger partial charge in [0.15, 0.2) is 0 Å². The molecule has 3 rings (SSSR count). The van der Waals surface area contributed by atoms with E-state index in [9.17, 15) is 18.8 Å². The van der Waals surface area contributed by atoms with Gasteiger partial charge in [-0.3, -0.25) is 14.4 Å². The molecule has 134 valence electrons. The van der Waals surface area contributed by atoms with E-state index in [0.717, 1.165) is 17.7 Å². The van der Waals surface area contributed by atoms with Gasteiger partial charge in [-0.1, -0.05) is 0 Å². The van der Waals surface area contributed by atoms with E-state index in [0.29, 0.717) is 26.2 Å². The lowest BCUT2D eigenvalue weighted by molar-refractivity contribution is -0.148. The molecular formula is C17H20FN3O3S. The van der Waals surface area contributed by atoms with Gasteiger partial charge < -0.3 is 15.1 Å². The summed E-state index contributed by atoms with van der Waals surface area (Å²) in [6.07, 6.45) is 1.88. The number of piperazine rings is 1. The molecular weight excluding hydrogens is 345 g/mol. The Morgan fingerprint density at radius 3 is 2.24 bits per heavy atom. The number of nitrogens with zero attached hydrogens (tertiary/aromatic N) is 2. The minimum absolute atomic E-state index is 0.0242. The summed E-state index contributed by atoms with van der Waals surface area (Å²) in [6.45, 7) is 1.57. The lowest BCUT2D eigenvalue weighted by Crippen LogP contribution is -2.54. The predicted octanol–water partition coefficient (Wildman–Crippen LogP) is 0.867. The highest BCUT2D eigenvalue weighted by atomic mass is 32.2. The van der Waals surface area contributed by atoms with Crippen LogP contribution in [0.15, 0.2) is 29.2 Å². The molecule has 0 unspecified atom stereocenters. The van der Waals surface area contributed by atoms with Crippen LogP contribution >= 0.6 is 11.8 Å². The SMILES string of the molecule is O=C(NC1CC1)C(=O)N1CCN(C(=O)CSc2ccc(F)cc2)CC1. The Morgan fingerprint density at radius 2 is 1.64 bits per heavy atom. The minimum atomic E-state index is -0.547. The van der Waals surface area contributed by atoms with E-state index in [1.807, 2.05) is 0 Å². The Hall–Kier alpha value is -2.09. The summed E-state index contributed by atoms with van der Waals surface area (Å²) in [5.74, 6) is -1.12. The Labute approximate surface area is 149 Å². The Balaban J connectivity index is 1.41. The fourth-order valence-corrected chi connectivity index (χ4v) is 3.35. The topological polar surface area (TPSA) is 69.7 Å². The van der Waals surface area contributed by atoms with E-state index < -0.39 is 11.8 Å². The smallest absolute Gasteiger partial charge is 0.312 e. The maximum atomic E-state index is 12.9. The van der Waals surface area contributed by atoms with Gasteiger partial charge in [0.05, 0.1) is 5.75 Å². The van der Waals surface area contributed by atoms with Crippen molar-refractivity contribution in [1.82, 2.24) is 15.1 Å². The van der Waals surface area contributed by atoms with Crippen molar-refractivity contribution in [2.24, 2.45) is 0 Å². The number of rotatable bonds is 4. The molecule has 2 fully saturated rings. The number of hydrogen-bond acceptors (Lipinski definition) is 4. The Bertz CT molecular complexity index is 656. The molecule has 1 heterocycles. The van der Waals surface area contributed by atoms with Gasteiger partial charge in [0.1, 0.15) is 5.82 Å². The van der Waals surface area contributed by atoms with Crippen molar-refractivity contribution in [1.29, 1.82) is 0 Å². The first kappa shape index (κ1) is 17.7. The molecule has 1 N–H and O–H groups in total. The van der Waals surface area contributed by atoms with Gasteiger partial charge in [-0.2, -0.15) is 0 Å². The zero-order chi connectivity index (χ0) is 17.8. The second-order valence-electron chi connectivity index (χ2n) is 6.16. The van der Waals surface area contributed by atoms with Crippen LogP contribution in [0.1, 0.15) is 12.8 Å². The highest BCUT2D eigenvalue weighted by molar-refractivity contribution is 8.00. The van der Waals surface area contributed by atoms with Crippen molar-refractivity contribution in [2.45, 2.75) is 23.8 Å². The number of benzene rings is 1. The van der Waals surface area contributed by atoms with Crippen LogP contribution in [0.25, 0.3) is 0 Å². The third-order valence-corrected chi connectivity index (χ3v) is 5.20. The number of thioether (sulfide) groups is 1. The van der Waals surface area contributed by atoms with Crippen molar-refractivity contribution in [3.8, 4) is 0 Å². The van der Waals surface area contributed by atoms with Gasteiger partial charge >= 0.3 is 11.8 Å². The molecule has 1 saturated carbocycles. The monoisotopic (exact) mass is 365 g/mol. The molecule has 0 bridgehead atoms. The Morgan fingerprint density at radius 1 is 1.04 bits per heavy atom. The van der Waals surface area contributed by atoms with E-state index in [-0.39, 0.29) is 23.5 Å². The van der Waals surface area contributed by atoms with Crippen LogP contribution < -0.4 is 5.32 Å². The highest BCUT2D eigenvalue weighted by Crippen LogP contribution is 2.20. The first-order valence-corrected chi connectivity index (χ1v) is 9.27. The summed E-state index contributed by atoms with van der Waals surface area (Å²) in [4.78, 5) is 40.1. The molecule has 8 heteroatoms. The lowest BCUT2D eigenvalue weighted by atomic mass is 10.3. The highest BCUT2D eigenvalue weighted by Gasteiger charge is 2.31. The van der Waals surface area contributed by atoms with Crippen LogP contribution in [0.3, 0.4) is 0 Å². The van der Waals surface area contributed by atoms with E-state index >= 15 is 0 Å². The molecule has 1 aliphatic carbocycles. The molecule has 2 aliphatic rings. The first-order chi connectivity index (χ1) is 12.0. The first-order valence-electron chi connectivity index (χ1n) is 8.29. The fraction of sp³-hybridized carbons (Fsp3) is 0.471. The molecule has 1 aromatic rings. The fourth-order valence-electron chi connectivity index (χ4n) is 2.54. The quantitative estimate of drug-likeness (QED) is 0.635. The average Bonchev–Trinajstić information content (AvgIpc) is 3.44. The van der Waals surface area contributed by atoms with E-state index in [1.54, 1.807) is 17.0 Å². The van der Waals surface area contributed by atoms with Gasteiger partial charge in [0, 0.05) is 37.1 Å². The van der Waals surface area contributed by atoms with E-state index in [1.165, 1.54) is 28.8 Å². The van der Waals surface area contributed by atoms with Crippen LogP contribution in [0.5, 0.6) is 0 Å². The molecule has 1 aromatic carbocycles. The van der Waals surface area contributed by atoms with Crippen LogP contribution in [-0.2, 0) is 14.4 Å². The number of nitrogens with one attached hydrogen (secondary N) is 1. The van der Waals surface area contributed by atoms with Gasteiger partial charge in [0.25, 0.3) is 0 Å². The number of amides is 3. The van der Waals surface area contributed by atoms with Crippen molar-refractivity contribution in [2.75, 3.05) is 31.9 Å². The normalized spacial score (nSPS) is 17.3. The van der Waals surface area contributed by atoms with Crippen molar-refractivity contribution in [3.63, 3.8) is 0 Å². The molecule has 0 atom stereocenters. The molecule has 0 radical (unpaired) electrons. The third kappa shape index (κ3) is 4.94. The number of carbonyl (C=O) groups is 3. The predicted molar refractivity (Wildman–Crippen MR) is 91.4 cm³/mol. The van der Waals surface area contributed by atoms with E-state index in [2.05, 4.69) is 5.32 Å². The van der Waals surface area contributed by atoms with Crippen LogP contribution in [-0.4, -0.2) is 65.5 Å². The average molecular weight is 365 g/mol. The van der Waals surface area contributed by atoms with Crippen LogP contribution in [0.4, 0.5) is 4.39 Å². The summed E-state index contributed by atoms with van der Waals surface area (Å²) in [6, 6.07) is 6.17. The summed E-state index contributed by atoms with van der Waals surface area (Å²) >= 11 is 1.35. The van der Waals surface area contributed by atoms with Crippen molar-refractivity contribution >= 4 is 29.5 Å². The number of carbonyl (C=O) groups excluding carboxylic acids is 3. The maximum Gasteiger partial charge on any atom is 0.312 e. The molecule has 6 nitrogen and oxygen atoms in total. The maximum absolute atomic E-state index is 12.9. The van der Waals surface area contributed by atoms with Gasteiger partial charge in [-0.15, -0.1) is 11.8 Å². The molecule has 0 aromatic heterocycles. The Kier molecular flexibility index (Phi) is 5.57. The zero-order valence-corrected chi connectivity index (χ0v) is 14.6. The molecule has 0 spiro atoms. The zero-order valence-electron chi connectivity index (χ0n) is 13.7. The van der Waals surface area contributed by atoms with E-state index in [4.69, 9.17) is 0 Å². The van der Waals surface area contributed by atoms with Crippen LogP contribution in [0.2, 0.25) is 0 Å². The van der Waals surface area contributed by atoms with Crippen molar-refractivity contribution < 1.29 is 18.8 Å². The standard InChI is InChI=1S/C17H20FN3O3S/c18-12-1-5-14(6-2-12)25-11-15(22)20-7-9-21(10-8-20)17(24)16(23)19-13-3-4-13/h1-2,5-6,13H,3-4,7-11H2,(H,19,23). The largest absolute Gasteiger partial charge is 0.345 e. The molecule has 1 saturated heterocycles.